The molecule has 28 heavy (non-hydrogen) atoms. The van der Waals surface area contributed by atoms with Gasteiger partial charge in [0.2, 0.25) is 0 Å². The number of benzene rings is 2. The minimum absolute atomic E-state index is 0.0522. The van der Waals surface area contributed by atoms with E-state index in [-0.39, 0.29) is 24.0 Å². The van der Waals surface area contributed by atoms with Crippen molar-refractivity contribution in [3.8, 4) is 11.5 Å². The van der Waals surface area contributed by atoms with Gasteiger partial charge in [-0.3, -0.25) is 4.79 Å². The lowest BCUT2D eigenvalue weighted by atomic mass is 10.1. The lowest BCUT2D eigenvalue weighted by Gasteiger charge is -2.23. The Labute approximate surface area is 161 Å². The van der Waals surface area contributed by atoms with E-state index >= 15 is 0 Å². The third-order valence-electron chi connectivity index (χ3n) is 4.32. The van der Waals surface area contributed by atoms with Gasteiger partial charge >= 0.3 is 6.18 Å². The van der Waals surface area contributed by atoms with Crippen LogP contribution >= 0.6 is 0 Å². The van der Waals surface area contributed by atoms with Crippen molar-refractivity contribution in [2.75, 3.05) is 38.3 Å². The van der Waals surface area contributed by atoms with Gasteiger partial charge in [-0.25, -0.2) is 0 Å². The van der Waals surface area contributed by atoms with Gasteiger partial charge in [0.15, 0.2) is 24.7 Å². The SMILES string of the molecule is CN1CCN(C(=O)COc2ccccc2OCC(F)(F)F)c2ccccc2C1. The van der Waals surface area contributed by atoms with E-state index < -0.39 is 12.8 Å². The molecule has 0 fully saturated rings. The zero-order chi connectivity index (χ0) is 20.1. The van der Waals surface area contributed by atoms with Crippen LogP contribution in [-0.2, 0) is 11.3 Å². The normalized spacial score (nSPS) is 14.9. The zero-order valence-corrected chi connectivity index (χ0v) is 15.4. The molecule has 2 aromatic rings. The Morgan fingerprint density at radius 1 is 1.00 bits per heavy atom. The maximum absolute atomic E-state index is 12.8. The largest absolute Gasteiger partial charge is 0.480 e. The molecule has 8 heteroatoms. The molecule has 0 bridgehead atoms. The molecule has 0 saturated carbocycles. The average Bonchev–Trinajstić information content (AvgIpc) is 2.82. The molecule has 0 spiro atoms. The summed E-state index contributed by atoms with van der Waals surface area (Å²) in [7, 11) is 1.98. The first-order chi connectivity index (χ1) is 13.3. The van der Waals surface area contributed by atoms with Gasteiger partial charge in [0.1, 0.15) is 0 Å². The van der Waals surface area contributed by atoms with Crippen LogP contribution in [0.2, 0.25) is 0 Å². The van der Waals surface area contributed by atoms with E-state index in [1.54, 1.807) is 17.0 Å². The van der Waals surface area contributed by atoms with Crippen LogP contribution in [0.3, 0.4) is 0 Å². The molecule has 0 radical (unpaired) electrons. The first-order valence-electron chi connectivity index (χ1n) is 8.82. The van der Waals surface area contributed by atoms with Crippen molar-refractivity contribution in [3.05, 3.63) is 54.1 Å². The van der Waals surface area contributed by atoms with Crippen molar-refractivity contribution in [2.24, 2.45) is 0 Å². The van der Waals surface area contributed by atoms with Gasteiger partial charge in [-0.1, -0.05) is 30.3 Å². The number of para-hydroxylation sites is 3. The van der Waals surface area contributed by atoms with E-state index in [2.05, 4.69) is 4.90 Å². The number of ether oxygens (including phenoxy) is 2. The summed E-state index contributed by atoms with van der Waals surface area (Å²) < 4.78 is 47.5. The lowest BCUT2D eigenvalue weighted by molar-refractivity contribution is -0.153. The number of carbonyl (C=O) groups excluding carboxylic acids is 1. The number of rotatable bonds is 5. The van der Waals surface area contributed by atoms with Crippen LogP contribution in [0.5, 0.6) is 11.5 Å². The molecule has 3 rings (SSSR count). The maximum Gasteiger partial charge on any atom is 0.422 e. The predicted octanol–water partition coefficient (Wildman–Crippen LogP) is 3.49. The number of amides is 1. The lowest BCUT2D eigenvalue weighted by Crippen LogP contribution is -2.38. The van der Waals surface area contributed by atoms with Gasteiger partial charge < -0.3 is 19.3 Å². The highest BCUT2D eigenvalue weighted by Crippen LogP contribution is 2.29. The van der Waals surface area contributed by atoms with Crippen molar-refractivity contribution >= 4 is 11.6 Å². The molecular weight excluding hydrogens is 373 g/mol. The second kappa shape index (κ2) is 8.52. The molecule has 1 amide bonds. The standard InChI is InChI=1S/C20H21F3N2O3/c1-24-10-11-25(16-7-3-2-6-15(16)12-24)19(26)13-27-17-8-4-5-9-18(17)28-14-20(21,22)23/h2-9H,10-14H2,1H3. The Kier molecular flexibility index (Phi) is 6.08. The Bertz CT molecular complexity index is 826. The molecule has 1 heterocycles. The first kappa shape index (κ1) is 20.0. The Hall–Kier alpha value is -2.74. The monoisotopic (exact) mass is 394 g/mol. The highest BCUT2D eigenvalue weighted by Gasteiger charge is 2.29. The molecule has 150 valence electrons. The van der Waals surface area contributed by atoms with Crippen molar-refractivity contribution in [1.82, 2.24) is 4.90 Å². The van der Waals surface area contributed by atoms with E-state index in [9.17, 15) is 18.0 Å². The van der Waals surface area contributed by atoms with E-state index in [1.165, 1.54) is 12.1 Å². The van der Waals surface area contributed by atoms with Gasteiger partial charge in [0, 0.05) is 25.3 Å². The summed E-state index contributed by atoms with van der Waals surface area (Å²) in [6, 6.07) is 13.6. The average molecular weight is 394 g/mol. The molecule has 1 aliphatic heterocycles. The predicted molar refractivity (Wildman–Crippen MR) is 98.6 cm³/mol. The number of likely N-dealkylation sites (N-methyl/N-ethyl adjacent to an activating group) is 1. The second-order valence-electron chi connectivity index (χ2n) is 6.55. The molecule has 2 aromatic carbocycles. The molecule has 0 N–H and O–H groups in total. The second-order valence-corrected chi connectivity index (χ2v) is 6.55. The smallest absolute Gasteiger partial charge is 0.422 e. The third kappa shape index (κ3) is 5.16. The summed E-state index contributed by atoms with van der Waals surface area (Å²) in [4.78, 5) is 16.6. The van der Waals surface area contributed by atoms with Gasteiger partial charge in [0.25, 0.3) is 5.91 Å². The quantitative estimate of drug-likeness (QED) is 0.779. The van der Waals surface area contributed by atoms with Crippen LogP contribution in [0.4, 0.5) is 18.9 Å². The molecule has 0 aromatic heterocycles. The number of nitrogens with zero attached hydrogens (tertiary/aromatic N) is 2. The number of hydrogen-bond donors (Lipinski definition) is 0. The van der Waals surface area contributed by atoms with E-state index in [0.29, 0.717) is 13.1 Å². The zero-order valence-electron chi connectivity index (χ0n) is 15.4. The summed E-state index contributed by atoms with van der Waals surface area (Å²) in [5, 5.41) is 0. The highest BCUT2D eigenvalue weighted by molar-refractivity contribution is 5.95. The minimum Gasteiger partial charge on any atom is -0.480 e. The van der Waals surface area contributed by atoms with Gasteiger partial charge in [-0.2, -0.15) is 13.2 Å². The molecule has 5 nitrogen and oxygen atoms in total. The van der Waals surface area contributed by atoms with E-state index in [1.807, 2.05) is 31.3 Å². The summed E-state index contributed by atoms with van der Waals surface area (Å²) in [6.07, 6.45) is -4.45. The van der Waals surface area contributed by atoms with Gasteiger partial charge in [0.05, 0.1) is 0 Å². The Morgan fingerprint density at radius 3 is 2.36 bits per heavy atom. The molecule has 0 unspecified atom stereocenters. The summed E-state index contributed by atoms with van der Waals surface area (Å²) in [5.74, 6) is -0.225. The fraction of sp³-hybridized carbons (Fsp3) is 0.350. The summed E-state index contributed by atoms with van der Waals surface area (Å²) in [5.41, 5.74) is 1.85. The molecule has 1 aliphatic rings. The molecule has 0 atom stereocenters. The summed E-state index contributed by atoms with van der Waals surface area (Å²) >= 11 is 0. The summed E-state index contributed by atoms with van der Waals surface area (Å²) in [6.45, 7) is 0.208. The Balaban J connectivity index is 1.70. The van der Waals surface area contributed by atoms with Crippen molar-refractivity contribution in [1.29, 1.82) is 0 Å². The molecule has 0 aliphatic carbocycles. The number of halogens is 3. The van der Waals surface area contributed by atoms with Crippen LogP contribution < -0.4 is 14.4 Å². The van der Waals surface area contributed by atoms with Gasteiger partial charge in [-0.15, -0.1) is 0 Å². The van der Waals surface area contributed by atoms with Crippen molar-refractivity contribution in [3.63, 3.8) is 0 Å². The van der Waals surface area contributed by atoms with Crippen molar-refractivity contribution < 1.29 is 27.4 Å². The van der Waals surface area contributed by atoms with Crippen LogP contribution in [0, 0.1) is 0 Å². The highest BCUT2D eigenvalue weighted by atomic mass is 19.4. The number of fused-ring (bicyclic) bond motifs is 1. The van der Waals surface area contributed by atoms with Crippen molar-refractivity contribution in [2.45, 2.75) is 12.7 Å². The molecular formula is C20H21F3N2O3. The van der Waals surface area contributed by atoms with E-state index in [0.717, 1.165) is 17.8 Å². The number of anilines is 1. The third-order valence-corrected chi connectivity index (χ3v) is 4.32. The molecule has 0 saturated heterocycles. The van der Waals surface area contributed by atoms with Gasteiger partial charge in [-0.05, 0) is 30.8 Å². The Morgan fingerprint density at radius 2 is 1.64 bits per heavy atom. The number of alkyl halides is 3. The fourth-order valence-electron chi connectivity index (χ4n) is 2.99. The topological polar surface area (TPSA) is 42.0 Å². The van der Waals surface area contributed by atoms with Crippen LogP contribution in [0.1, 0.15) is 5.56 Å². The maximum atomic E-state index is 12.8. The van der Waals surface area contributed by atoms with Crippen LogP contribution in [0.15, 0.2) is 48.5 Å². The van der Waals surface area contributed by atoms with Crippen LogP contribution in [0.25, 0.3) is 0 Å². The number of hydrogen-bond acceptors (Lipinski definition) is 4. The fourth-order valence-corrected chi connectivity index (χ4v) is 2.99. The number of carbonyl (C=O) groups is 1. The van der Waals surface area contributed by atoms with Crippen LogP contribution in [-0.4, -0.2) is 50.3 Å². The van der Waals surface area contributed by atoms with E-state index in [4.69, 9.17) is 9.47 Å². The first-order valence-corrected chi connectivity index (χ1v) is 8.82. The minimum atomic E-state index is -4.45.